The summed E-state index contributed by atoms with van der Waals surface area (Å²) in [6.07, 6.45) is 3.32. The van der Waals surface area contributed by atoms with E-state index in [9.17, 15) is 13.2 Å². The number of amides is 1. The summed E-state index contributed by atoms with van der Waals surface area (Å²) < 4.78 is 27.8. The van der Waals surface area contributed by atoms with Crippen molar-refractivity contribution in [2.24, 2.45) is 0 Å². The molecule has 0 bridgehead atoms. The third kappa shape index (κ3) is 3.35. The van der Waals surface area contributed by atoms with E-state index >= 15 is 0 Å². The number of sulfonamides is 1. The maximum absolute atomic E-state index is 12.8. The highest BCUT2D eigenvalue weighted by Crippen LogP contribution is 2.31. The second kappa shape index (κ2) is 7.07. The smallest absolute Gasteiger partial charge is 0.264 e. The van der Waals surface area contributed by atoms with Crippen molar-refractivity contribution in [1.29, 1.82) is 0 Å². The first-order chi connectivity index (χ1) is 12.4. The Hall–Kier alpha value is -1.22. The van der Waals surface area contributed by atoms with Gasteiger partial charge in [-0.1, -0.05) is 22.0 Å². The van der Waals surface area contributed by atoms with E-state index in [1.54, 1.807) is 40.5 Å². The van der Waals surface area contributed by atoms with Crippen molar-refractivity contribution in [3.63, 3.8) is 0 Å². The molecule has 2 aliphatic rings. The number of carbonyl (C=O) groups is 1. The molecule has 138 valence electrons. The largest absolute Gasteiger partial charge is 0.335 e. The number of benzene rings is 1. The maximum atomic E-state index is 12.8. The minimum Gasteiger partial charge on any atom is -0.335 e. The Morgan fingerprint density at radius 2 is 1.85 bits per heavy atom. The summed E-state index contributed by atoms with van der Waals surface area (Å²) in [5.41, 5.74) is 1.31. The zero-order chi connectivity index (χ0) is 18.3. The number of rotatable bonds is 3. The van der Waals surface area contributed by atoms with E-state index < -0.39 is 10.0 Å². The van der Waals surface area contributed by atoms with Crippen LogP contribution in [-0.4, -0.2) is 49.7 Å². The van der Waals surface area contributed by atoms with Gasteiger partial charge in [0.05, 0.1) is 9.77 Å². The van der Waals surface area contributed by atoms with Gasteiger partial charge in [0.25, 0.3) is 5.91 Å². The Morgan fingerprint density at radius 3 is 2.54 bits per heavy atom. The van der Waals surface area contributed by atoms with Gasteiger partial charge in [0.1, 0.15) is 0 Å². The average Bonchev–Trinajstić information content (AvgIpc) is 3.23. The molecule has 0 spiro atoms. The third-order valence-electron chi connectivity index (χ3n) is 4.92. The van der Waals surface area contributed by atoms with Crippen LogP contribution < -0.4 is 0 Å². The second-order valence-corrected chi connectivity index (χ2v) is 10.6. The van der Waals surface area contributed by atoms with Crippen LogP contribution >= 0.6 is 27.3 Å². The molecule has 4 rings (SSSR count). The molecule has 0 saturated carbocycles. The fourth-order valence-corrected chi connectivity index (χ4v) is 6.74. The fourth-order valence-electron chi connectivity index (χ4n) is 3.50. The number of hydrogen-bond acceptors (Lipinski definition) is 4. The molecule has 2 heterocycles. The third-order valence-corrected chi connectivity index (χ3v) is 8.53. The molecular weight excluding hydrogens is 436 g/mol. The summed E-state index contributed by atoms with van der Waals surface area (Å²) in [5, 5.41) is 0. The summed E-state index contributed by atoms with van der Waals surface area (Å²) in [7, 11) is -3.53. The van der Waals surface area contributed by atoms with E-state index in [0.29, 0.717) is 26.2 Å². The second-order valence-electron chi connectivity index (χ2n) is 6.57. The van der Waals surface area contributed by atoms with Crippen LogP contribution in [-0.2, 0) is 22.9 Å². The quantitative estimate of drug-likeness (QED) is 0.715. The van der Waals surface area contributed by atoms with Crippen molar-refractivity contribution < 1.29 is 13.2 Å². The number of aryl methyl sites for hydroxylation is 2. The molecule has 5 nitrogen and oxygen atoms in total. The van der Waals surface area contributed by atoms with E-state index in [2.05, 4.69) is 15.9 Å². The SMILES string of the molecule is O=C(c1cc2c(s1)CCC2)N1CCN(S(=O)(=O)c2cccc(Br)c2)CC1. The van der Waals surface area contributed by atoms with Gasteiger partial charge in [0.15, 0.2) is 0 Å². The molecule has 1 aromatic heterocycles. The van der Waals surface area contributed by atoms with Gasteiger partial charge in [-0.2, -0.15) is 4.31 Å². The number of hydrogen-bond donors (Lipinski definition) is 0. The van der Waals surface area contributed by atoms with Crippen LogP contribution in [0.15, 0.2) is 39.7 Å². The van der Waals surface area contributed by atoms with Crippen LogP contribution in [0.4, 0.5) is 0 Å². The summed E-state index contributed by atoms with van der Waals surface area (Å²) in [5.74, 6) is 0.0314. The van der Waals surface area contributed by atoms with Gasteiger partial charge in [0.2, 0.25) is 10.0 Å². The van der Waals surface area contributed by atoms with Crippen molar-refractivity contribution in [3.8, 4) is 0 Å². The summed E-state index contributed by atoms with van der Waals surface area (Å²) in [6.45, 7) is 1.50. The van der Waals surface area contributed by atoms with Crippen molar-refractivity contribution in [1.82, 2.24) is 9.21 Å². The maximum Gasteiger partial charge on any atom is 0.264 e. The Balaban J connectivity index is 1.44. The minimum absolute atomic E-state index is 0.0314. The standard InChI is InChI=1S/C18H19BrN2O3S2/c19-14-4-2-5-15(12-14)26(23,24)21-9-7-20(8-10-21)18(22)17-11-13-3-1-6-16(13)25-17/h2,4-5,11-12H,1,3,6-10H2. The first kappa shape index (κ1) is 18.2. The van der Waals surface area contributed by atoms with Gasteiger partial charge in [-0.15, -0.1) is 11.3 Å². The highest BCUT2D eigenvalue weighted by molar-refractivity contribution is 9.10. The van der Waals surface area contributed by atoms with Gasteiger partial charge in [-0.3, -0.25) is 4.79 Å². The van der Waals surface area contributed by atoms with Crippen molar-refractivity contribution >= 4 is 43.2 Å². The van der Waals surface area contributed by atoms with E-state index in [0.717, 1.165) is 22.2 Å². The molecule has 0 unspecified atom stereocenters. The normalized spacial score (nSPS) is 18.1. The molecule has 1 saturated heterocycles. The lowest BCUT2D eigenvalue weighted by Gasteiger charge is -2.33. The molecule has 26 heavy (non-hydrogen) atoms. The first-order valence-corrected chi connectivity index (χ1v) is 11.7. The van der Waals surface area contributed by atoms with Crippen LogP contribution in [0.5, 0.6) is 0 Å². The molecular formula is C18H19BrN2O3S2. The Morgan fingerprint density at radius 1 is 1.08 bits per heavy atom. The topological polar surface area (TPSA) is 57.7 Å². The van der Waals surface area contributed by atoms with Crippen LogP contribution in [0, 0.1) is 0 Å². The molecule has 0 radical (unpaired) electrons. The highest BCUT2D eigenvalue weighted by atomic mass is 79.9. The van der Waals surface area contributed by atoms with Crippen LogP contribution in [0.25, 0.3) is 0 Å². The van der Waals surface area contributed by atoms with E-state index in [1.165, 1.54) is 21.2 Å². The van der Waals surface area contributed by atoms with Crippen molar-refractivity contribution in [2.45, 2.75) is 24.2 Å². The number of piperazine rings is 1. The van der Waals surface area contributed by atoms with Crippen LogP contribution in [0.2, 0.25) is 0 Å². The molecule has 1 amide bonds. The Labute approximate surface area is 165 Å². The van der Waals surface area contributed by atoms with Gasteiger partial charge in [0, 0.05) is 35.5 Å². The lowest BCUT2D eigenvalue weighted by molar-refractivity contribution is 0.0702. The monoisotopic (exact) mass is 454 g/mol. The van der Waals surface area contributed by atoms with Gasteiger partial charge in [-0.05, 0) is 49.1 Å². The zero-order valence-corrected chi connectivity index (χ0v) is 17.4. The molecule has 1 fully saturated rings. The number of thiophene rings is 1. The molecule has 0 atom stereocenters. The highest BCUT2D eigenvalue weighted by Gasteiger charge is 2.31. The molecule has 1 aliphatic heterocycles. The van der Waals surface area contributed by atoms with E-state index in [4.69, 9.17) is 0 Å². The average molecular weight is 455 g/mol. The van der Waals surface area contributed by atoms with Crippen LogP contribution in [0.3, 0.4) is 0 Å². The minimum atomic E-state index is -3.53. The Bertz CT molecular complexity index is 926. The number of halogens is 1. The summed E-state index contributed by atoms with van der Waals surface area (Å²) in [6, 6.07) is 8.76. The first-order valence-electron chi connectivity index (χ1n) is 8.62. The predicted octanol–water partition coefficient (Wildman–Crippen LogP) is 3.15. The summed E-state index contributed by atoms with van der Waals surface area (Å²) in [4.78, 5) is 16.9. The van der Waals surface area contributed by atoms with E-state index in [1.807, 2.05) is 6.07 Å². The molecule has 0 N–H and O–H groups in total. The predicted molar refractivity (Wildman–Crippen MR) is 105 cm³/mol. The number of fused-ring (bicyclic) bond motifs is 1. The molecule has 2 aromatic rings. The van der Waals surface area contributed by atoms with Gasteiger partial charge in [-0.25, -0.2) is 8.42 Å². The van der Waals surface area contributed by atoms with Crippen molar-refractivity contribution in [2.75, 3.05) is 26.2 Å². The molecule has 8 heteroatoms. The molecule has 1 aromatic carbocycles. The lowest BCUT2D eigenvalue weighted by atomic mass is 10.2. The zero-order valence-electron chi connectivity index (χ0n) is 14.2. The lowest BCUT2D eigenvalue weighted by Crippen LogP contribution is -2.50. The number of nitrogens with zero attached hydrogens (tertiary/aromatic N) is 2. The van der Waals surface area contributed by atoms with Crippen molar-refractivity contribution in [3.05, 3.63) is 50.1 Å². The molecule has 1 aliphatic carbocycles. The van der Waals surface area contributed by atoms with Gasteiger partial charge < -0.3 is 4.90 Å². The number of carbonyl (C=O) groups excluding carboxylic acids is 1. The fraction of sp³-hybridized carbons (Fsp3) is 0.389. The summed E-state index contributed by atoms with van der Waals surface area (Å²) >= 11 is 4.92. The van der Waals surface area contributed by atoms with Gasteiger partial charge >= 0.3 is 0 Å². The van der Waals surface area contributed by atoms with E-state index in [-0.39, 0.29) is 10.8 Å². The Kier molecular flexibility index (Phi) is 4.94. The van der Waals surface area contributed by atoms with Crippen LogP contribution in [0.1, 0.15) is 26.5 Å².